The van der Waals surface area contributed by atoms with Crippen LogP contribution in [0.1, 0.15) is 16.1 Å². The Balaban J connectivity index is 2.26. The lowest BCUT2D eigenvalue weighted by Gasteiger charge is -2.05. The van der Waals surface area contributed by atoms with E-state index in [9.17, 15) is 9.18 Å². The molecule has 0 aliphatic rings. The van der Waals surface area contributed by atoms with Gasteiger partial charge < -0.3 is 9.67 Å². The van der Waals surface area contributed by atoms with Crippen LogP contribution in [-0.2, 0) is 14.1 Å². The minimum absolute atomic E-state index is 0.0576. The molecule has 0 bridgehead atoms. The molecule has 6 heteroatoms. The number of nitrogens with zero attached hydrogens (tertiary/aromatic N) is 3. The summed E-state index contributed by atoms with van der Waals surface area (Å²) in [5.41, 5.74) is 2.62. The summed E-state index contributed by atoms with van der Waals surface area (Å²) in [6, 6.07) is 4.71. The van der Waals surface area contributed by atoms with Gasteiger partial charge in [-0.15, -0.1) is 0 Å². The van der Waals surface area contributed by atoms with Crippen molar-refractivity contribution in [3.8, 4) is 11.3 Å². The normalized spacial score (nSPS) is 11.2. The van der Waals surface area contributed by atoms with E-state index in [0.717, 1.165) is 10.9 Å². The Hall–Kier alpha value is -2.63. The predicted octanol–water partition coefficient (Wildman–Crippen LogP) is 2.72. The van der Waals surface area contributed by atoms with Crippen molar-refractivity contribution in [1.82, 2.24) is 14.3 Å². The molecule has 5 nitrogen and oxygen atoms in total. The third-order valence-corrected chi connectivity index (χ3v) is 3.62. The summed E-state index contributed by atoms with van der Waals surface area (Å²) < 4.78 is 17.5. The van der Waals surface area contributed by atoms with Crippen molar-refractivity contribution in [2.45, 2.75) is 6.92 Å². The van der Waals surface area contributed by atoms with Crippen molar-refractivity contribution < 1.29 is 14.3 Å². The Morgan fingerprint density at radius 1 is 1.29 bits per heavy atom. The number of aromatic carboxylic acids is 1. The molecule has 0 aliphatic carbocycles. The number of benzene rings is 1. The number of rotatable bonds is 2. The average molecular weight is 287 g/mol. The number of carboxylic acids is 1. The summed E-state index contributed by atoms with van der Waals surface area (Å²) >= 11 is 0. The molecule has 0 unspecified atom stereocenters. The summed E-state index contributed by atoms with van der Waals surface area (Å²) in [6.07, 6.45) is 1.86. The molecular formula is C15H14FN3O2. The van der Waals surface area contributed by atoms with Crippen molar-refractivity contribution in [3.05, 3.63) is 41.5 Å². The zero-order chi connectivity index (χ0) is 15.3. The molecule has 2 aromatic heterocycles. The summed E-state index contributed by atoms with van der Waals surface area (Å²) in [6.45, 7) is 1.91. The number of aromatic nitrogens is 3. The van der Waals surface area contributed by atoms with Crippen molar-refractivity contribution in [2.24, 2.45) is 14.1 Å². The third-order valence-electron chi connectivity index (χ3n) is 3.62. The van der Waals surface area contributed by atoms with Gasteiger partial charge in [-0.05, 0) is 30.7 Å². The maximum atomic E-state index is 14.3. The minimum Gasteiger partial charge on any atom is -0.476 e. The molecule has 0 aliphatic heterocycles. The number of halogens is 1. The molecule has 2 heterocycles. The van der Waals surface area contributed by atoms with Gasteiger partial charge in [-0.25, -0.2) is 9.18 Å². The van der Waals surface area contributed by atoms with E-state index in [4.69, 9.17) is 5.11 Å². The van der Waals surface area contributed by atoms with Gasteiger partial charge >= 0.3 is 5.97 Å². The summed E-state index contributed by atoms with van der Waals surface area (Å²) in [5.74, 6) is -1.44. The van der Waals surface area contributed by atoms with Crippen LogP contribution >= 0.6 is 0 Å². The molecule has 3 aromatic rings. The molecule has 0 fully saturated rings. The molecule has 0 saturated heterocycles. The van der Waals surface area contributed by atoms with E-state index in [1.54, 1.807) is 18.7 Å². The number of aryl methyl sites for hydroxylation is 3. The van der Waals surface area contributed by atoms with Gasteiger partial charge in [0.25, 0.3) is 0 Å². The van der Waals surface area contributed by atoms with Gasteiger partial charge in [0, 0.05) is 31.2 Å². The Morgan fingerprint density at radius 3 is 2.62 bits per heavy atom. The van der Waals surface area contributed by atoms with E-state index in [1.165, 1.54) is 16.8 Å². The lowest BCUT2D eigenvalue weighted by Crippen LogP contribution is -1.99. The molecule has 0 radical (unpaired) electrons. The van der Waals surface area contributed by atoms with Crippen LogP contribution in [0.25, 0.3) is 22.2 Å². The summed E-state index contributed by atoms with van der Waals surface area (Å²) in [7, 11) is 3.44. The second-order valence-electron chi connectivity index (χ2n) is 5.12. The Morgan fingerprint density at radius 2 is 2.00 bits per heavy atom. The van der Waals surface area contributed by atoms with Crippen LogP contribution in [0.4, 0.5) is 4.39 Å². The van der Waals surface area contributed by atoms with E-state index in [0.29, 0.717) is 16.8 Å². The fourth-order valence-electron chi connectivity index (χ4n) is 2.67. The number of carboxylic acid groups (broad SMARTS) is 1. The molecule has 1 N–H and O–H groups in total. The molecule has 0 saturated carbocycles. The predicted molar refractivity (Wildman–Crippen MR) is 76.8 cm³/mol. The van der Waals surface area contributed by atoms with E-state index in [2.05, 4.69) is 5.10 Å². The molecule has 0 atom stereocenters. The number of hydrogen-bond donors (Lipinski definition) is 1. The van der Waals surface area contributed by atoms with Crippen LogP contribution in [0.2, 0.25) is 0 Å². The average Bonchev–Trinajstić information content (AvgIpc) is 2.91. The maximum absolute atomic E-state index is 14.3. The van der Waals surface area contributed by atoms with Crippen LogP contribution in [0, 0.1) is 12.7 Å². The van der Waals surface area contributed by atoms with Crippen molar-refractivity contribution in [3.63, 3.8) is 0 Å². The van der Waals surface area contributed by atoms with Crippen LogP contribution in [-0.4, -0.2) is 25.4 Å². The summed E-state index contributed by atoms with van der Waals surface area (Å²) in [4.78, 5) is 11.0. The second-order valence-corrected chi connectivity index (χ2v) is 5.12. The topological polar surface area (TPSA) is 60.1 Å². The van der Waals surface area contributed by atoms with E-state index >= 15 is 0 Å². The first-order chi connectivity index (χ1) is 9.88. The van der Waals surface area contributed by atoms with Gasteiger partial charge in [-0.2, -0.15) is 5.10 Å². The maximum Gasteiger partial charge on any atom is 0.356 e. The first kappa shape index (κ1) is 13.4. The molecular weight excluding hydrogens is 273 g/mol. The van der Waals surface area contributed by atoms with Crippen molar-refractivity contribution >= 4 is 16.9 Å². The minimum atomic E-state index is -1.10. The van der Waals surface area contributed by atoms with E-state index in [-0.39, 0.29) is 11.5 Å². The number of fused-ring (bicyclic) bond motifs is 1. The zero-order valence-electron chi connectivity index (χ0n) is 11.9. The lowest BCUT2D eigenvalue weighted by atomic mass is 10.1. The first-order valence-electron chi connectivity index (χ1n) is 6.41. The number of carbonyl (C=O) groups is 1. The van der Waals surface area contributed by atoms with Crippen molar-refractivity contribution in [1.29, 1.82) is 0 Å². The quantitative estimate of drug-likeness (QED) is 0.788. The Bertz CT molecular complexity index is 877. The van der Waals surface area contributed by atoms with E-state index in [1.807, 2.05) is 19.2 Å². The van der Waals surface area contributed by atoms with Gasteiger partial charge in [0.15, 0.2) is 5.69 Å². The van der Waals surface area contributed by atoms with Crippen LogP contribution in [0.5, 0.6) is 0 Å². The molecule has 3 rings (SSSR count). The Labute approximate surface area is 120 Å². The van der Waals surface area contributed by atoms with Gasteiger partial charge in [-0.1, -0.05) is 0 Å². The molecule has 108 valence electrons. The largest absolute Gasteiger partial charge is 0.476 e. The van der Waals surface area contributed by atoms with Gasteiger partial charge in [0.2, 0.25) is 0 Å². The fraction of sp³-hybridized carbons (Fsp3) is 0.200. The van der Waals surface area contributed by atoms with Crippen LogP contribution < -0.4 is 0 Å². The van der Waals surface area contributed by atoms with Gasteiger partial charge in [0.1, 0.15) is 5.82 Å². The molecule has 0 amide bonds. The van der Waals surface area contributed by atoms with Gasteiger partial charge in [0.05, 0.1) is 11.2 Å². The molecule has 0 spiro atoms. The third kappa shape index (κ3) is 1.99. The smallest absolute Gasteiger partial charge is 0.356 e. The highest BCUT2D eigenvalue weighted by Gasteiger charge is 2.16. The first-order valence-corrected chi connectivity index (χ1v) is 6.41. The zero-order valence-corrected chi connectivity index (χ0v) is 11.9. The van der Waals surface area contributed by atoms with E-state index < -0.39 is 5.97 Å². The van der Waals surface area contributed by atoms with Gasteiger partial charge in [-0.3, -0.25) is 4.68 Å². The Kier molecular flexibility index (Phi) is 2.83. The summed E-state index contributed by atoms with van der Waals surface area (Å²) in [5, 5.41) is 13.7. The standard InChI is InChI=1S/C15H14FN3O2/c1-8-7-18(2)14-10(8)4-9(5-11(14)16)13-6-12(15(20)21)17-19(13)3/h4-7H,1-3H3,(H,20,21). The number of hydrogen-bond acceptors (Lipinski definition) is 2. The molecule has 1 aromatic carbocycles. The highest BCUT2D eigenvalue weighted by molar-refractivity contribution is 5.90. The lowest BCUT2D eigenvalue weighted by molar-refractivity contribution is 0.0689. The monoisotopic (exact) mass is 287 g/mol. The van der Waals surface area contributed by atoms with Crippen LogP contribution in [0.15, 0.2) is 24.4 Å². The van der Waals surface area contributed by atoms with Crippen LogP contribution in [0.3, 0.4) is 0 Å². The SMILES string of the molecule is Cc1cn(C)c2c(F)cc(-c3cc(C(=O)O)nn3C)cc12. The van der Waals surface area contributed by atoms with Crippen molar-refractivity contribution in [2.75, 3.05) is 0 Å². The fourth-order valence-corrected chi connectivity index (χ4v) is 2.67. The molecule has 21 heavy (non-hydrogen) atoms. The highest BCUT2D eigenvalue weighted by atomic mass is 19.1. The second kappa shape index (κ2) is 4.44. The highest BCUT2D eigenvalue weighted by Crippen LogP contribution is 2.29.